The van der Waals surface area contributed by atoms with E-state index in [2.05, 4.69) is 10.3 Å². The number of benzene rings is 2. The number of hydrogen-bond donors (Lipinski definition) is 1. The third-order valence-corrected chi connectivity index (χ3v) is 6.48. The molecular formula is C20H17FN2O2S2. The topological polar surface area (TPSA) is 54.6 Å². The quantitative estimate of drug-likeness (QED) is 0.666. The van der Waals surface area contributed by atoms with E-state index >= 15 is 0 Å². The fourth-order valence-corrected chi connectivity index (χ4v) is 4.90. The first-order chi connectivity index (χ1) is 13.2. The van der Waals surface area contributed by atoms with Gasteiger partial charge in [-0.1, -0.05) is 59.9 Å². The number of furan rings is 1. The van der Waals surface area contributed by atoms with Crippen molar-refractivity contribution in [3.63, 3.8) is 0 Å². The van der Waals surface area contributed by atoms with Gasteiger partial charge in [0, 0.05) is 34.6 Å². The van der Waals surface area contributed by atoms with Crippen LogP contribution in [0.4, 0.5) is 4.39 Å². The minimum atomic E-state index is -0.342. The van der Waals surface area contributed by atoms with Crippen molar-refractivity contribution in [2.24, 2.45) is 4.99 Å². The highest BCUT2D eigenvalue weighted by molar-refractivity contribution is 8.38. The molecule has 4 rings (SSSR count). The Balaban J connectivity index is 1.56. The van der Waals surface area contributed by atoms with E-state index in [1.54, 1.807) is 41.7 Å². The number of rotatable bonds is 5. The molecule has 0 aliphatic carbocycles. The van der Waals surface area contributed by atoms with Crippen molar-refractivity contribution in [3.8, 4) is 0 Å². The second-order valence-electron chi connectivity index (χ2n) is 5.96. The monoisotopic (exact) mass is 400 g/mol. The van der Waals surface area contributed by atoms with E-state index in [4.69, 9.17) is 4.42 Å². The van der Waals surface area contributed by atoms with Gasteiger partial charge in [0.25, 0.3) is 5.91 Å². The van der Waals surface area contributed by atoms with Crippen LogP contribution in [0.25, 0.3) is 11.0 Å². The molecule has 2 aromatic carbocycles. The number of carbonyl (C=O) groups excluding carboxylic acids is 1. The summed E-state index contributed by atoms with van der Waals surface area (Å²) in [6.07, 6.45) is 0. The minimum Gasteiger partial charge on any atom is -0.451 e. The second kappa shape index (κ2) is 8.19. The molecular weight excluding hydrogens is 383 g/mol. The van der Waals surface area contributed by atoms with Crippen LogP contribution < -0.4 is 5.32 Å². The van der Waals surface area contributed by atoms with Crippen molar-refractivity contribution in [2.45, 2.75) is 12.3 Å². The van der Waals surface area contributed by atoms with E-state index in [9.17, 15) is 9.18 Å². The molecule has 1 N–H and O–H groups in total. The van der Waals surface area contributed by atoms with Gasteiger partial charge in [-0.15, -0.1) is 0 Å². The summed E-state index contributed by atoms with van der Waals surface area (Å²) < 4.78 is 20.7. The van der Waals surface area contributed by atoms with Crippen LogP contribution in [0.3, 0.4) is 0 Å². The van der Waals surface area contributed by atoms with Gasteiger partial charge < -0.3 is 9.73 Å². The number of carbonyl (C=O) groups is 1. The highest BCUT2D eigenvalue weighted by Crippen LogP contribution is 2.32. The molecule has 0 saturated heterocycles. The third kappa shape index (κ3) is 4.04. The maximum Gasteiger partial charge on any atom is 0.287 e. The number of thioether (sulfide) groups is 2. The van der Waals surface area contributed by atoms with Crippen molar-refractivity contribution in [3.05, 3.63) is 71.2 Å². The number of nitrogens with one attached hydrogen (secondary N) is 1. The number of para-hydroxylation sites is 1. The Labute approximate surface area is 164 Å². The van der Waals surface area contributed by atoms with Crippen LogP contribution in [0.1, 0.15) is 21.7 Å². The Morgan fingerprint density at radius 2 is 2.04 bits per heavy atom. The van der Waals surface area contributed by atoms with E-state index in [1.807, 2.05) is 24.3 Å². The normalized spacial score (nSPS) is 13.7. The van der Waals surface area contributed by atoms with E-state index in [0.29, 0.717) is 16.9 Å². The summed E-state index contributed by atoms with van der Waals surface area (Å²) in [6, 6.07) is 14.0. The minimum absolute atomic E-state index is 0.109. The van der Waals surface area contributed by atoms with Gasteiger partial charge in [0.15, 0.2) is 5.76 Å². The van der Waals surface area contributed by atoms with Crippen LogP contribution in [0.5, 0.6) is 0 Å². The zero-order valence-corrected chi connectivity index (χ0v) is 16.0. The van der Waals surface area contributed by atoms with Gasteiger partial charge in [-0.25, -0.2) is 4.39 Å². The van der Waals surface area contributed by atoms with Crippen molar-refractivity contribution >= 4 is 44.8 Å². The summed E-state index contributed by atoms with van der Waals surface area (Å²) in [5, 5.41) is 3.69. The maximum atomic E-state index is 13.8. The lowest BCUT2D eigenvalue weighted by Crippen LogP contribution is -2.23. The maximum absolute atomic E-state index is 13.8. The van der Waals surface area contributed by atoms with Crippen LogP contribution in [0.15, 0.2) is 57.9 Å². The Kier molecular flexibility index (Phi) is 5.50. The first kappa shape index (κ1) is 18.1. The molecule has 1 aliphatic heterocycles. The second-order valence-corrected chi connectivity index (χ2v) is 8.27. The number of aliphatic imine (C=N–C) groups is 1. The Morgan fingerprint density at radius 3 is 2.85 bits per heavy atom. The summed E-state index contributed by atoms with van der Waals surface area (Å²) in [5.41, 5.74) is 1.96. The highest BCUT2D eigenvalue weighted by Gasteiger charge is 2.21. The average Bonchev–Trinajstić information content (AvgIpc) is 3.33. The summed E-state index contributed by atoms with van der Waals surface area (Å²) in [6.45, 7) is 0.951. The molecule has 0 radical (unpaired) electrons. The molecule has 138 valence electrons. The first-order valence-corrected chi connectivity index (χ1v) is 10.5. The van der Waals surface area contributed by atoms with Crippen molar-refractivity contribution < 1.29 is 13.6 Å². The summed E-state index contributed by atoms with van der Waals surface area (Å²) in [4.78, 5) is 17.2. The number of amides is 1. The predicted molar refractivity (Wildman–Crippen MR) is 110 cm³/mol. The largest absolute Gasteiger partial charge is 0.451 e. The van der Waals surface area contributed by atoms with Crippen LogP contribution in [0.2, 0.25) is 0 Å². The van der Waals surface area contributed by atoms with E-state index in [0.717, 1.165) is 27.6 Å². The molecule has 0 saturated carbocycles. The van der Waals surface area contributed by atoms with Crippen LogP contribution in [-0.4, -0.2) is 22.6 Å². The molecule has 0 bridgehead atoms. The number of nitrogens with zero attached hydrogens (tertiary/aromatic N) is 1. The Morgan fingerprint density at radius 1 is 1.22 bits per heavy atom. The van der Waals surface area contributed by atoms with Crippen LogP contribution >= 0.6 is 23.5 Å². The molecule has 1 aromatic heterocycles. The number of fused-ring (bicyclic) bond motifs is 1. The molecule has 7 heteroatoms. The van der Waals surface area contributed by atoms with Gasteiger partial charge in [0.05, 0.1) is 6.54 Å². The molecule has 0 atom stereocenters. The zero-order valence-electron chi connectivity index (χ0n) is 14.4. The summed E-state index contributed by atoms with van der Waals surface area (Å²) >= 11 is 3.35. The van der Waals surface area contributed by atoms with E-state index in [1.165, 1.54) is 6.07 Å². The molecule has 2 heterocycles. The van der Waals surface area contributed by atoms with Gasteiger partial charge >= 0.3 is 0 Å². The van der Waals surface area contributed by atoms with Gasteiger partial charge in [-0.2, -0.15) is 0 Å². The van der Waals surface area contributed by atoms with E-state index < -0.39 is 0 Å². The van der Waals surface area contributed by atoms with Gasteiger partial charge in [-0.3, -0.25) is 9.79 Å². The molecule has 1 amide bonds. The molecule has 0 unspecified atom stereocenters. The van der Waals surface area contributed by atoms with E-state index in [-0.39, 0.29) is 24.0 Å². The SMILES string of the molecule is O=C(NCc1ccccc1F)c1oc2ccccc2c1CSC1=NCCS1. The zero-order chi connectivity index (χ0) is 18.6. The van der Waals surface area contributed by atoms with Gasteiger partial charge in [-0.05, 0) is 12.1 Å². The predicted octanol–water partition coefficient (Wildman–Crippen LogP) is 4.84. The smallest absolute Gasteiger partial charge is 0.287 e. The van der Waals surface area contributed by atoms with Crippen LogP contribution in [0, 0.1) is 5.82 Å². The lowest BCUT2D eigenvalue weighted by atomic mass is 10.1. The van der Waals surface area contributed by atoms with Gasteiger partial charge in [0.1, 0.15) is 15.8 Å². The molecule has 27 heavy (non-hydrogen) atoms. The molecule has 0 spiro atoms. The Hall–Kier alpha value is -2.25. The third-order valence-electron chi connectivity index (χ3n) is 4.20. The summed E-state index contributed by atoms with van der Waals surface area (Å²) in [7, 11) is 0. The van der Waals surface area contributed by atoms with Crippen molar-refractivity contribution in [2.75, 3.05) is 12.3 Å². The molecule has 0 fully saturated rings. The van der Waals surface area contributed by atoms with Crippen molar-refractivity contribution in [1.82, 2.24) is 5.32 Å². The van der Waals surface area contributed by atoms with Crippen LogP contribution in [-0.2, 0) is 12.3 Å². The Bertz CT molecular complexity index is 1020. The fraction of sp³-hybridized carbons (Fsp3) is 0.200. The fourth-order valence-electron chi connectivity index (χ4n) is 2.86. The summed E-state index contributed by atoms with van der Waals surface area (Å²) in [5.74, 6) is 1.21. The lowest BCUT2D eigenvalue weighted by Gasteiger charge is -2.06. The number of halogens is 1. The first-order valence-electron chi connectivity index (χ1n) is 8.54. The van der Waals surface area contributed by atoms with Gasteiger partial charge in [0.2, 0.25) is 0 Å². The number of hydrogen-bond acceptors (Lipinski definition) is 5. The molecule has 1 aliphatic rings. The standard InChI is InChI=1S/C20H17FN2O2S2/c21-16-7-3-1-5-13(16)11-23-19(24)18-15(12-27-20-22-9-10-26-20)14-6-2-4-8-17(14)25-18/h1-8H,9-12H2,(H,23,24). The average molecular weight is 401 g/mol. The highest BCUT2D eigenvalue weighted by atomic mass is 32.2. The molecule has 3 aromatic rings. The molecule has 4 nitrogen and oxygen atoms in total. The van der Waals surface area contributed by atoms with Crippen molar-refractivity contribution in [1.29, 1.82) is 0 Å². The lowest BCUT2D eigenvalue weighted by molar-refractivity contribution is 0.0924.